The lowest BCUT2D eigenvalue weighted by molar-refractivity contribution is 0.213. The van der Waals surface area contributed by atoms with Crippen LogP contribution < -0.4 is 0 Å². The Hall–Kier alpha value is 0.0600. The first-order valence-electron chi connectivity index (χ1n) is 5.69. The number of hydrogen-bond acceptors (Lipinski definition) is 2. The molecule has 3 heteroatoms. The number of rotatable bonds is 9. The molecule has 2 nitrogen and oxygen atoms in total. The zero-order chi connectivity index (χ0) is 10.9. The van der Waals surface area contributed by atoms with E-state index in [1.807, 2.05) is 0 Å². The first kappa shape index (κ1) is 14.1. The van der Waals surface area contributed by atoms with Gasteiger partial charge < -0.3 is 0 Å². The van der Waals surface area contributed by atoms with E-state index in [2.05, 4.69) is 20.8 Å². The van der Waals surface area contributed by atoms with Crippen LogP contribution in [0.25, 0.3) is 0 Å². The SMILES string of the molecule is CCC(CC)(CC)CCCCOP=O. The van der Waals surface area contributed by atoms with E-state index in [9.17, 15) is 4.57 Å². The summed E-state index contributed by atoms with van der Waals surface area (Å²) in [7, 11) is -0.183. The largest absolute Gasteiger partial charge is 0.327 e. The summed E-state index contributed by atoms with van der Waals surface area (Å²) >= 11 is 0. The monoisotopic (exact) mass is 218 g/mol. The molecule has 0 unspecified atom stereocenters. The zero-order valence-electron chi connectivity index (χ0n) is 9.71. The summed E-state index contributed by atoms with van der Waals surface area (Å²) in [6.07, 6.45) is 7.28. The molecule has 0 rings (SSSR count). The van der Waals surface area contributed by atoms with Crippen molar-refractivity contribution in [2.45, 2.75) is 59.3 Å². The summed E-state index contributed by atoms with van der Waals surface area (Å²) < 4.78 is 14.8. The van der Waals surface area contributed by atoms with E-state index in [0.717, 1.165) is 6.42 Å². The Balaban J connectivity index is 3.65. The van der Waals surface area contributed by atoms with E-state index in [1.165, 1.54) is 32.1 Å². The standard InChI is InChI=1S/C11H23O2P/c1-4-11(5-2,6-3)9-7-8-10-13-14-12/h4-10H2,1-3H3. The summed E-state index contributed by atoms with van der Waals surface area (Å²) in [5, 5.41) is 0. The van der Waals surface area contributed by atoms with Gasteiger partial charge in [0.25, 0.3) is 0 Å². The molecule has 0 aromatic heterocycles. The van der Waals surface area contributed by atoms with Crippen molar-refractivity contribution in [2.24, 2.45) is 5.41 Å². The van der Waals surface area contributed by atoms with Gasteiger partial charge in [-0.25, -0.2) is 4.57 Å². The highest BCUT2D eigenvalue weighted by Gasteiger charge is 2.22. The smallest absolute Gasteiger partial charge is 0.294 e. The molecule has 0 heterocycles. The van der Waals surface area contributed by atoms with Crippen molar-refractivity contribution in [1.29, 1.82) is 0 Å². The summed E-state index contributed by atoms with van der Waals surface area (Å²) in [6.45, 7) is 7.46. The van der Waals surface area contributed by atoms with E-state index in [4.69, 9.17) is 4.52 Å². The lowest BCUT2D eigenvalue weighted by Crippen LogP contribution is -2.17. The maximum atomic E-state index is 10.0. The van der Waals surface area contributed by atoms with Gasteiger partial charge in [0.15, 0.2) is 0 Å². The van der Waals surface area contributed by atoms with Crippen molar-refractivity contribution >= 4 is 8.69 Å². The highest BCUT2D eigenvalue weighted by Crippen LogP contribution is 2.35. The van der Waals surface area contributed by atoms with Gasteiger partial charge in [-0.2, -0.15) is 0 Å². The number of unbranched alkanes of at least 4 members (excludes halogenated alkanes) is 1. The van der Waals surface area contributed by atoms with Crippen LogP contribution in [0.1, 0.15) is 59.3 Å². The predicted molar refractivity (Wildman–Crippen MR) is 60.7 cm³/mol. The van der Waals surface area contributed by atoms with Gasteiger partial charge in [-0.3, -0.25) is 4.52 Å². The Morgan fingerprint density at radius 1 is 1.07 bits per heavy atom. The second-order valence-corrected chi connectivity index (χ2v) is 4.33. The molecule has 0 spiro atoms. The fourth-order valence-electron chi connectivity index (χ4n) is 1.98. The van der Waals surface area contributed by atoms with Gasteiger partial charge >= 0.3 is 8.69 Å². The highest BCUT2D eigenvalue weighted by molar-refractivity contribution is 7.17. The molecule has 0 aliphatic rings. The summed E-state index contributed by atoms with van der Waals surface area (Å²) in [6, 6.07) is 0. The van der Waals surface area contributed by atoms with Gasteiger partial charge in [-0.1, -0.05) is 46.5 Å². The predicted octanol–water partition coefficient (Wildman–Crippen LogP) is 4.60. The molecule has 0 saturated carbocycles. The summed E-state index contributed by atoms with van der Waals surface area (Å²) in [5.41, 5.74) is 0.537. The Morgan fingerprint density at radius 2 is 1.64 bits per heavy atom. The Morgan fingerprint density at radius 3 is 2.07 bits per heavy atom. The lowest BCUT2D eigenvalue weighted by atomic mass is 9.76. The zero-order valence-corrected chi connectivity index (χ0v) is 10.6. The molecular weight excluding hydrogens is 195 g/mol. The fraction of sp³-hybridized carbons (Fsp3) is 1.00. The summed E-state index contributed by atoms with van der Waals surface area (Å²) in [4.78, 5) is 0. The third kappa shape index (κ3) is 5.07. The molecule has 0 aromatic rings. The molecule has 14 heavy (non-hydrogen) atoms. The first-order valence-corrected chi connectivity index (χ1v) is 6.42. The van der Waals surface area contributed by atoms with Crippen LogP contribution in [0.5, 0.6) is 0 Å². The minimum atomic E-state index is -0.183. The van der Waals surface area contributed by atoms with E-state index in [-0.39, 0.29) is 8.69 Å². The lowest BCUT2D eigenvalue weighted by Gasteiger charge is -2.30. The van der Waals surface area contributed by atoms with Crippen molar-refractivity contribution in [3.05, 3.63) is 0 Å². The van der Waals surface area contributed by atoms with Gasteiger partial charge in [0.05, 0.1) is 6.61 Å². The Bertz CT molecular complexity index is 136. The van der Waals surface area contributed by atoms with Crippen LogP contribution in [-0.4, -0.2) is 6.61 Å². The van der Waals surface area contributed by atoms with Crippen LogP contribution in [0, 0.1) is 5.41 Å². The van der Waals surface area contributed by atoms with E-state index in [0.29, 0.717) is 12.0 Å². The van der Waals surface area contributed by atoms with Crippen molar-refractivity contribution < 1.29 is 9.09 Å². The van der Waals surface area contributed by atoms with Crippen LogP contribution in [-0.2, 0) is 9.09 Å². The van der Waals surface area contributed by atoms with E-state index in [1.54, 1.807) is 0 Å². The molecule has 0 amide bonds. The minimum Gasteiger partial charge on any atom is -0.294 e. The third-order valence-electron chi connectivity index (χ3n) is 3.50. The van der Waals surface area contributed by atoms with Gasteiger partial charge in [0, 0.05) is 0 Å². The Labute approximate surface area is 89.7 Å². The molecule has 0 N–H and O–H groups in total. The minimum absolute atomic E-state index is 0.183. The van der Waals surface area contributed by atoms with Crippen LogP contribution in [0.15, 0.2) is 0 Å². The van der Waals surface area contributed by atoms with Crippen LogP contribution in [0.3, 0.4) is 0 Å². The fourth-order valence-corrected chi connectivity index (χ4v) is 2.19. The average Bonchev–Trinajstić information content (AvgIpc) is 2.24. The van der Waals surface area contributed by atoms with Crippen LogP contribution in [0.4, 0.5) is 0 Å². The molecule has 0 aliphatic carbocycles. The van der Waals surface area contributed by atoms with Crippen LogP contribution in [0.2, 0.25) is 0 Å². The molecule has 0 bridgehead atoms. The number of hydrogen-bond donors (Lipinski definition) is 0. The van der Waals surface area contributed by atoms with Gasteiger partial charge in [0.1, 0.15) is 0 Å². The maximum absolute atomic E-state index is 10.0. The molecule has 0 fully saturated rings. The van der Waals surface area contributed by atoms with Gasteiger partial charge in [-0.05, 0) is 18.3 Å². The van der Waals surface area contributed by atoms with Crippen molar-refractivity contribution in [1.82, 2.24) is 0 Å². The first-order chi connectivity index (χ1) is 6.74. The van der Waals surface area contributed by atoms with E-state index < -0.39 is 0 Å². The molecule has 0 aliphatic heterocycles. The van der Waals surface area contributed by atoms with Crippen LogP contribution >= 0.6 is 8.69 Å². The quantitative estimate of drug-likeness (QED) is 0.417. The van der Waals surface area contributed by atoms with Crippen molar-refractivity contribution in [2.75, 3.05) is 6.61 Å². The van der Waals surface area contributed by atoms with Crippen molar-refractivity contribution in [3.8, 4) is 0 Å². The van der Waals surface area contributed by atoms with Gasteiger partial charge in [-0.15, -0.1) is 0 Å². The molecule has 0 radical (unpaired) electrons. The second-order valence-electron chi connectivity index (χ2n) is 3.93. The molecule has 0 aromatic carbocycles. The molecule has 0 atom stereocenters. The normalized spacial score (nSPS) is 12.2. The van der Waals surface area contributed by atoms with E-state index >= 15 is 0 Å². The third-order valence-corrected chi connectivity index (χ3v) is 3.78. The topological polar surface area (TPSA) is 26.3 Å². The highest BCUT2D eigenvalue weighted by atomic mass is 31.1. The molecule has 84 valence electrons. The van der Waals surface area contributed by atoms with Gasteiger partial charge in [0.2, 0.25) is 0 Å². The summed E-state index contributed by atoms with van der Waals surface area (Å²) in [5.74, 6) is 0. The molecular formula is C11H23O2P. The Kier molecular flexibility index (Phi) is 8.41. The maximum Gasteiger partial charge on any atom is 0.327 e. The average molecular weight is 218 g/mol. The second kappa shape index (κ2) is 8.38. The molecule has 0 saturated heterocycles. The van der Waals surface area contributed by atoms with Crippen molar-refractivity contribution in [3.63, 3.8) is 0 Å².